The molecule has 3 rings (SSSR count). The van der Waals surface area contributed by atoms with Crippen molar-refractivity contribution in [2.24, 2.45) is 5.73 Å². The van der Waals surface area contributed by atoms with Crippen LogP contribution in [0.25, 0.3) is 10.8 Å². The van der Waals surface area contributed by atoms with Crippen LogP contribution < -0.4 is 21.1 Å². The average Bonchev–Trinajstić information content (AvgIpc) is 2.52. The Morgan fingerprint density at radius 1 is 1.17 bits per heavy atom. The normalized spacial score (nSPS) is 17.7. The van der Waals surface area contributed by atoms with Crippen molar-refractivity contribution in [2.75, 3.05) is 7.11 Å². The van der Waals surface area contributed by atoms with Gasteiger partial charge in [-0.05, 0) is 23.9 Å². The summed E-state index contributed by atoms with van der Waals surface area (Å²) in [4.78, 5) is 23.7. The summed E-state index contributed by atoms with van der Waals surface area (Å²) in [5.41, 5.74) is 7.13. The molecule has 118 valence electrons. The number of nitrogens with one attached hydrogen (secondary N) is 2. The van der Waals surface area contributed by atoms with Gasteiger partial charge < -0.3 is 21.1 Å². The maximum absolute atomic E-state index is 11.9. The van der Waals surface area contributed by atoms with Gasteiger partial charge in [-0.3, -0.25) is 4.79 Å². The maximum Gasteiger partial charge on any atom is 0.319 e. The molecule has 1 aliphatic rings. The number of carbonyl (C=O) groups excluding carboxylic acids is 2. The number of urea groups is 1. The van der Waals surface area contributed by atoms with Crippen LogP contribution in [0, 0.1) is 0 Å². The zero-order valence-corrected chi connectivity index (χ0v) is 12.8. The Morgan fingerprint density at radius 3 is 2.52 bits per heavy atom. The van der Waals surface area contributed by atoms with Gasteiger partial charge in [0.25, 0.3) is 0 Å². The second kappa shape index (κ2) is 5.64. The molecule has 0 unspecified atom stereocenters. The first-order chi connectivity index (χ1) is 11.0. The van der Waals surface area contributed by atoms with Crippen molar-refractivity contribution in [1.82, 2.24) is 10.6 Å². The van der Waals surface area contributed by atoms with Crippen LogP contribution in [-0.2, 0) is 4.79 Å². The Kier molecular flexibility index (Phi) is 3.65. The van der Waals surface area contributed by atoms with Crippen LogP contribution in [0.3, 0.4) is 0 Å². The molecule has 0 aromatic heterocycles. The van der Waals surface area contributed by atoms with Gasteiger partial charge in [0.2, 0.25) is 5.91 Å². The van der Waals surface area contributed by atoms with Crippen molar-refractivity contribution in [1.29, 1.82) is 0 Å². The zero-order valence-electron chi connectivity index (χ0n) is 12.8. The smallest absolute Gasteiger partial charge is 0.319 e. The number of amides is 3. The number of nitrogens with two attached hydrogens (primary N) is 1. The first-order valence-corrected chi connectivity index (χ1v) is 7.16. The van der Waals surface area contributed by atoms with E-state index in [0.29, 0.717) is 11.3 Å². The van der Waals surface area contributed by atoms with E-state index in [4.69, 9.17) is 10.5 Å². The molecule has 0 fully saturated rings. The molecular formula is C17H17N3O3. The number of ether oxygens (including phenoxy) is 1. The largest absolute Gasteiger partial charge is 0.496 e. The molecule has 0 spiro atoms. The first kappa shape index (κ1) is 14.9. The molecule has 6 heteroatoms. The highest BCUT2D eigenvalue weighted by Gasteiger charge is 2.31. The second-order valence-electron chi connectivity index (χ2n) is 5.34. The molecule has 1 atom stereocenters. The molecule has 3 amide bonds. The van der Waals surface area contributed by atoms with Crippen LogP contribution in [0.1, 0.15) is 18.5 Å². The lowest BCUT2D eigenvalue weighted by Gasteiger charge is -2.28. The Hall–Kier alpha value is -3.02. The molecule has 6 nitrogen and oxygen atoms in total. The minimum absolute atomic E-state index is 0.347. The molecule has 0 aliphatic carbocycles. The van der Waals surface area contributed by atoms with Crippen molar-refractivity contribution in [3.63, 3.8) is 0 Å². The molecular weight excluding hydrogens is 294 g/mol. The van der Waals surface area contributed by atoms with Crippen LogP contribution in [0.2, 0.25) is 0 Å². The number of carbonyl (C=O) groups is 2. The van der Waals surface area contributed by atoms with Gasteiger partial charge in [-0.1, -0.05) is 30.3 Å². The first-order valence-electron chi connectivity index (χ1n) is 7.16. The molecule has 0 bridgehead atoms. The van der Waals surface area contributed by atoms with Gasteiger partial charge >= 0.3 is 6.03 Å². The van der Waals surface area contributed by atoms with Crippen molar-refractivity contribution in [3.8, 4) is 5.75 Å². The SMILES string of the molecule is COc1ccc([C@@H]2NC(=O)NC(C)=C2C(N)=O)c2ccccc12. The highest BCUT2D eigenvalue weighted by Crippen LogP contribution is 2.35. The fourth-order valence-corrected chi connectivity index (χ4v) is 2.98. The monoisotopic (exact) mass is 311 g/mol. The lowest BCUT2D eigenvalue weighted by molar-refractivity contribution is -0.115. The third-order valence-corrected chi connectivity index (χ3v) is 3.98. The van der Waals surface area contributed by atoms with E-state index in [1.807, 2.05) is 36.4 Å². The predicted molar refractivity (Wildman–Crippen MR) is 86.8 cm³/mol. The van der Waals surface area contributed by atoms with Crippen LogP contribution >= 0.6 is 0 Å². The molecule has 0 radical (unpaired) electrons. The molecule has 0 saturated carbocycles. The fraction of sp³-hybridized carbons (Fsp3) is 0.176. The van der Waals surface area contributed by atoms with Crippen molar-refractivity contribution < 1.29 is 14.3 Å². The van der Waals surface area contributed by atoms with E-state index in [9.17, 15) is 9.59 Å². The minimum atomic E-state index is -0.600. The molecule has 0 saturated heterocycles. The quantitative estimate of drug-likeness (QED) is 0.809. The van der Waals surface area contributed by atoms with Crippen LogP contribution in [-0.4, -0.2) is 19.0 Å². The standard InChI is InChI=1S/C17H17N3O3/c1-9-14(16(18)21)15(20-17(22)19-9)12-7-8-13(23-2)11-6-4-3-5-10(11)12/h3-8,15H,1-2H3,(H2,18,21)(H2,19,20,22)/t15-/m0/s1. The van der Waals surface area contributed by atoms with E-state index in [0.717, 1.165) is 22.1 Å². The lowest BCUT2D eigenvalue weighted by atomic mass is 9.91. The number of methoxy groups -OCH3 is 1. The van der Waals surface area contributed by atoms with Gasteiger partial charge in [0.05, 0.1) is 18.7 Å². The van der Waals surface area contributed by atoms with E-state index >= 15 is 0 Å². The Bertz CT molecular complexity index is 842. The topological polar surface area (TPSA) is 93.4 Å². The number of hydrogen-bond acceptors (Lipinski definition) is 3. The van der Waals surface area contributed by atoms with E-state index in [-0.39, 0.29) is 6.03 Å². The highest BCUT2D eigenvalue weighted by atomic mass is 16.5. The fourth-order valence-electron chi connectivity index (χ4n) is 2.98. The van der Waals surface area contributed by atoms with Crippen molar-refractivity contribution in [2.45, 2.75) is 13.0 Å². The van der Waals surface area contributed by atoms with Gasteiger partial charge in [-0.2, -0.15) is 0 Å². The Balaban J connectivity index is 2.25. The number of hydrogen-bond donors (Lipinski definition) is 3. The predicted octanol–water partition coefficient (Wildman–Crippen LogP) is 1.96. The van der Waals surface area contributed by atoms with E-state index < -0.39 is 11.9 Å². The number of allylic oxidation sites excluding steroid dienone is 1. The Morgan fingerprint density at radius 2 is 1.87 bits per heavy atom. The summed E-state index contributed by atoms with van der Waals surface area (Å²) in [5.74, 6) is 0.158. The minimum Gasteiger partial charge on any atom is -0.496 e. The lowest BCUT2D eigenvalue weighted by Crippen LogP contribution is -2.46. The van der Waals surface area contributed by atoms with Crippen LogP contribution in [0.4, 0.5) is 4.79 Å². The van der Waals surface area contributed by atoms with Gasteiger partial charge in [-0.15, -0.1) is 0 Å². The van der Waals surface area contributed by atoms with E-state index in [1.54, 1.807) is 14.0 Å². The van der Waals surface area contributed by atoms with Crippen LogP contribution in [0.15, 0.2) is 47.7 Å². The number of benzene rings is 2. The summed E-state index contributed by atoms with van der Waals surface area (Å²) in [6.07, 6.45) is 0. The summed E-state index contributed by atoms with van der Waals surface area (Å²) in [7, 11) is 1.60. The van der Waals surface area contributed by atoms with Crippen LogP contribution in [0.5, 0.6) is 5.75 Å². The van der Waals surface area contributed by atoms with Crippen molar-refractivity contribution >= 4 is 22.7 Å². The zero-order chi connectivity index (χ0) is 16.6. The molecule has 2 aromatic rings. The summed E-state index contributed by atoms with van der Waals surface area (Å²) < 4.78 is 5.38. The third-order valence-electron chi connectivity index (χ3n) is 3.98. The van der Waals surface area contributed by atoms with Gasteiger partial charge in [0.15, 0.2) is 0 Å². The summed E-state index contributed by atoms with van der Waals surface area (Å²) in [5, 5.41) is 7.16. The molecule has 1 heterocycles. The molecule has 23 heavy (non-hydrogen) atoms. The third kappa shape index (κ3) is 2.48. The van der Waals surface area contributed by atoms with Gasteiger partial charge in [0.1, 0.15) is 5.75 Å². The molecule has 4 N–H and O–H groups in total. The number of rotatable bonds is 3. The van der Waals surface area contributed by atoms with E-state index in [1.165, 1.54) is 0 Å². The molecule has 1 aliphatic heterocycles. The average molecular weight is 311 g/mol. The Labute approximate surface area is 133 Å². The summed E-state index contributed by atoms with van der Waals surface area (Å²) in [6.45, 7) is 1.66. The van der Waals surface area contributed by atoms with Gasteiger partial charge in [-0.25, -0.2) is 4.79 Å². The maximum atomic E-state index is 11.9. The van der Waals surface area contributed by atoms with Gasteiger partial charge in [0, 0.05) is 11.1 Å². The number of fused-ring (bicyclic) bond motifs is 1. The summed E-state index contributed by atoms with van der Waals surface area (Å²) >= 11 is 0. The van der Waals surface area contributed by atoms with Crippen molar-refractivity contribution in [3.05, 3.63) is 53.2 Å². The molecule has 2 aromatic carbocycles. The number of primary amides is 1. The highest BCUT2D eigenvalue weighted by molar-refractivity contribution is 6.00. The van der Waals surface area contributed by atoms with E-state index in [2.05, 4.69) is 10.6 Å². The summed E-state index contributed by atoms with van der Waals surface area (Å²) in [6, 6.07) is 10.4. The second-order valence-corrected chi connectivity index (χ2v) is 5.34.